The van der Waals surface area contributed by atoms with Crippen molar-refractivity contribution in [2.45, 2.75) is 52.7 Å². The molecule has 7 heteroatoms. The van der Waals surface area contributed by atoms with E-state index in [2.05, 4.69) is 19.2 Å². The summed E-state index contributed by atoms with van der Waals surface area (Å²) in [7, 11) is 0. The van der Waals surface area contributed by atoms with Gasteiger partial charge in [0.25, 0.3) is 11.8 Å². The molecular weight excluding hydrogens is 356 g/mol. The highest BCUT2D eigenvalue weighted by Crippen LogP contribution is 2.33. The molecule has 0 spiro atoms. The summed E-state index contributed by atoms with van der Waals surface area (Å²) in [4.78, 5) is 26.0. The van der Waals surface area contributed by atoms with Gasteiger partial charge in [0.1, 0.15) is 24.1 Å². The monoisotopic (exact) mass is 380 g/mol. The van der Waals surface area contributed by atoms with Gasteiger partial charge in [-0.05, 0) is 37.6 Å². The van der Waals surface area contributed by atoms with Gasteiger partial charge in [0.15, 0.2) is 0 Å². The van der Waals surface area contributed by atoms with Crippen LogP contribution in [-0.4, -0.2) is 40.7 Å². The SMILES string of the molecule is CCCC.Cc1cc(Cl)ccc1NC(=O)C1=C(O)C2C(C)OCN2C1=O. The number of aryl methyl sites for hydroxylation is 1. The van der Waals surface area contributed by atoms with E-state index in [4.69, 9.17) is 16.3 Å². The molecule has 3 rings (SSSR count). The van der Waals surface area contributed by atoms with Gasteiger partial charge in [-0.2, -0.15) is 0 Å². The van der Waals surface area contributed by atoms with Crippen molar-refractivity contribution in [1.82, 2.24) is 4.90 Å². The fourth-order valence-corrected chi connectivity index (χ4v) is 2.97. The second-order valence-electron chi connectivity index (χ2n) is 6.39. The number of carbonyl (C=O) groups excluding carboxylic acids is 2. The molecule has 0 aliphatic carbocycles. The third-order valence-corrected chi connectivity index (χ3v) is 4.67. The van der Waals surface area contributed by atoms with Crippen molar-refractivity contribution in [3.05, 3.63) is 40.1 Å². The van der Waals surface area contributed by atoms with Gasteiger partial charge in [0.2, 0.25) is 0 Å². The van der Waals surface area contributed by atoms with Gasteiger partial charge < -0.3 is 20.1 Å². The number of ether oxygens (including phenoxy) is 1. The van der Waals surface area contributed by atoms with E-state index in [9.17, 15) is 14.7 Å². The van der Waals surface area contributed by atoms with Crippen LogP contribution in [0.15, 0.2) is 29.5 Å². The largest absolute Gasteiger partial charge is 0.509 e. The maximum absolute atomic E-state index is 12.4. The molecule has 0 aromatic heterocycles. The number of fused-ring (bicyclic) bond motifs is 1. The second kappa shape index (κ2) is 8.56. The Labute approximate surface area is 158 Å². The zero-order chi connectivity index (χ0) is 19.4. The Morgan fingerprint density at radius 2 is 2.04 bits per heavy atom. The molecule has 26 heavy (non-hydrogen) atoms. The van der Waals surface area contributed by atoms with Crippen molar-refractivity contribution in [1.29, 1.82) is 0 Å². The molecule has 6 nitrogen and oxygen atoms in total. The summed E-state index contributed by atoms with van der Waals surface area (Å²) in [5.41, 5.74) is 1.08. The van der Waals surface area contributed by atoms with E-state index in [1.165, 1.54) is 17.7 Å². The highest BCUT2D eigenvalue weighted by molar-refractivity contribution is 6.31. The number of hydrogen-bond donors (Lipinski definition) is 2. The van der Waals surface area contributed by atoms with Crippen LogP contribution >= 0.6 is 11.6 Å². The molecule has 2 aliphatic heterocycles. The molecule has 1 aromatic carbocycles. The smallest absolute Gasteiger partial charge is 0.265 e. The topological polar surface area (TPSA) is 78.9 Å². The minimum Gasteiger partial charge on any atom is -0.509 e. The van der Waals surface area contributed by atoms with Gasteiger partial charge in [-0.1, -0.05) is 38.3 Å². The Bertz CT molecular complexity index is 730. The number of nitrogens with zero attached hydrogens (tertiary/aromatic N) is 1. The zero-order valence-electron chi connectivity index (χ0n) is 15.5. The fraction of sp³-hybridized carbons (Fsp3) is 0.474. The van der Waals surface area contributed by atoms with Crippen molar-refractivity contribution < 1.29 is 19.4 Å². The molecule has 2 aliphatic rings. The average molecular weight is 381 g/mol. The van der Waals surface area contributed by atoms with Crippen LogP contribution in [0, 0.1) is 6.92 Å². The van der Waals surface area contributed by atoms with E-state index < -0.39 is 17.9 Å². The van der Waals surface area contributed by atoms with E-state index in [1.54, 1.807) is 32.0 Å². The van der Waals surface area contributed by atoms with Crippen LogP contribution in [0.1, 0.15) is 39.2 Å². The highest BCUT2D eigenvalue weighted by Gasteiger charge is 2.49. The fourth-order valence-electron chi connectivity index (χ4n) is 2.74. The lowest BCUT2D eigenvalue weighted by Gasteiger charge is -2.14. The number of aliphatic hydroxyl groups excluding tert-OH is 1. The number of amides is 2. The summed E-state index contributed by atoms with van der Waals surface area (Å²) in [6.45, 7) is 7.98. The number of halogens is 1. The normalized spacial score (nSPS) is 21.4. The van der Waals surface area contributed by atoms with Gasteiger partial charge in [-0.25, -0.2) is 0 Å². The summed E-state index contributed by atoms with van der Waals surface area (Å²) in [6, 6.07) is 4.41. The quantitative estimate of drug-likeness (QED) is 0.782. The minimum absolute atomic E-state index is 0.0749. The lowest BCUT2D eigenvalue weighted by atomic mass is 10.1. The third-order valence-electron chi connectivity index (χ3n) is 4.43. The maximum atomic E-state index is 12.4. The number of aliphatic hydroxyl groups is 1. The summed E-state index contributed by atoms with van der Waals surface area (Å²) in [5, 5.41) is 13.4. The van der Waals surface area contributed by atoms with Crippen LogP contribution in [0.4, 0.5) is 5.69 Å². The number of anilines is 1. The molecular formula is C19H25ClN2O4. The second-order valence-corrected chi connectivity index (χ2v) is 6.83. The first-order valence-electron chi connectivity index (χ1n) is 8.74. The molecule has 2 unspecified atom stereocenters. The molecule has 0 saturated carbocycles. The molecule has 0 bridgehead atoms. The van der Waals surface area contributed by atoms with Crippen molar-refractivity contribution in [2.24, 2.45) is 0 Å². The number of nitrogens with one attached hydrogen (secondary N) is 1. The Balaban J connectivity index is 0.000000552. The molecule has 1 fully saturated rings. The molecule has 1 aromatic rings. The van der Waals surface area contributed by atoms with E-state index in [0.717, 1.165) is 5.56 Å². The molecule has 2 N–H and O–H groups in total. The molecule has 1 saturated heterocycles. The lowest BCUT2D eigenvalue weighted by molar-refractivity contribution is -0.129. The van der Waals surface area contributed by atoms with E-state index in [-0.39, 0.29) is 24.2 Å². The predicted octanol–water partition coefficient (Wildman–Crippen LogP) is 3.79. The van der Waals surface area contributed by atoms with Crippen molar-refractivity contribution in [3.63, 3.8) is 0 Å². The van der Waals surface area contributed by atoms with Crippen LogP contribution in [0.25, 0.3) is 0 Å². The third kappa shape index (κ3) is 4.02. The van der Waals surface area contributed by atoms with Gasteiger partial charge >= 0.3 is 0 Å². The standard InChI is InChI=1S/C15H15ClN2O4.C4H10/c1-7-5-9(16)3-4-10(7)17-14(20)11-13(19)12-8(2)22-6-18(12)15(11)21;1-3-4-2/h3-5,8,12,19H,6H2,1-2H3,(H,17,20);3-4H2,1-2H3. The first-order valence-corrected chi connectivity index (χ1v) is 9.12. The van der Waals surface area contributed by atoms with Gasteiger partial charge in [-0.3, -0.25) is 9.59 Å². The Morgan fingerprint density at radius 1 is 1.38 bits per heavy atom. The van der Waals surface area contributed by atoms with E-state index in [1.807, 2.05) is 0 Å². The maximum Gasteiger partial charge on any atom is 0.265 e. The van der Waals surface area contributed by atoms with E-state index >= 15 is 0 Å². The number of rotatable bonds is 3. The van der Waals surface area contributed by atoms with Crippen LogP contribution in [0.5, 0.6) is 0 Å². The molecule has 0 radical (unpaired) electrons. The van der Waals surface area contributed by atoms with Gasteiger partial charge in [0, 0.05) is 10.7 Å². The molecule has 2 heterocycles. The van der Waals surface area contributed by atoms with Crippen LogP contribution in [0.3, 0.4) is 0 Å². The number of carbonyl (C=O) groups is 2. The van der Waals surface area contributed by atoms with Gasteiger partial charge in [0.05, 0.1) is 6.10 Å². The van der Waals surface area contributed by atoms with Crippen LogP contribution in [-0.2, 0) is 14.3 Å². The average Bonchev–Trinajstić information content (AvgIpc) is 3.10. The molecule has 2 atom stereocenters. The number of unbranched alkanes of at least 4 members (excludes halogenated alkanes) is 1. The Kier molecular flexibility index (Phi) is 6.67. The molecule has 2 amide bonds. The van der Waals surface area contributed by atoms with Crippen molar-refractivity contribution in [3.8, 4) is 0 Å². The number of hydrogen-bond acceptors (Lipinski definition) is 4. The van der Waals surface area contributed by atoms with Gasteiger partial charge in [-0.15, -0.1) is 0 Å². The summed E-state index contributed by atoms with van der Waals surface area (Å²) >= 11 is 5.87. The summed E-state index contributed by atoms with van der Waals surface area (Å²) in [5.74, 6) is -1.38. The first-order chi connectivity index (χ1) is 12.3. The predicted molar refractivity (Wildman–Crippen MR) is 101 cm³/mol. The zero-order valence-corrected chi connectivity index (χ0v) is 16.3. The Morgan fingerprint density at radius 3 is 2.58 bits per heavy atom. The Hall–Kier alpha value is -2.05. The van der Waals surface area contributed by atoms with Crippen LogP contribution < -0.4 is 5.32 Å². The van der Waals surface area contributed by atoms with Crippen molar-refractivity contribution >= 4 is 29.1 Å². The molecule has 142 valence electrons. The van der Waals surface area contributed by atoms with E-state index in [0.29, 0.717) is 10.7 Å². The minimum atomic E-state index is -0.630. The first kappa shape index (κ1) is 20.3. The summed E-state index contributed by atoms with van der Waals surface area (Å²) < 4.78 is 5.30. The van der Waals surface area contributed by atoms with Crippen molar-refractivity contribution in [2.75, 3.05) is 12.0 Å². The number of benzene rings is 1. The lowest BCUT2D eigenvalue weighted by Crippen LogP contribution is -2.34. The summed E-state index contributed by atoms with van der Waals surface area (Å²) in [6.07, 6.45) is 2.30. The highest BCUT2D eigenvalue weighted by atomic mass is 35.5. The van der Waals surface area contributed by atoms with Crippen LogP contribution in [0.2, 0.25) is 5.02 Å².